The second kappa shape index (κ2) is 15.4. The number of carboxylic acid groups (broad SMARTS) is 1. The Morgan fingerprint density at radius 2 is 1.29 bits per heavy atom. The number of hydrogen-bond donors (Lipinski definition) is 2. The number of hydrogen-bond acceptors (Lipinski definition) is 2. The van der Waals surface area contributed by atoms with Gasteiger partial charge in [-0.15, -0.1) is 0 Å². The molecule has 1 atom stereocenters. The van der Waals surface area contributed by atoms with Crippen molar-refractivity contribution in [2.24, 2.45) is 0 Å². The van der Waals surface area contributed by atoms with Gasteiger partial charge in [-0.05, 0) is 12.8 Å². The lowest BCUT2D eigenvalue weighted by Gasteiger charge is -2.04. The van der Waals surface area contributed by atoms with Crippen molar-refractivity contribution < 1.29 is 15.0 Å². The van der Waals surface area contributed by atoms with Gasteiger partial charge in [0.05, 0.1) is 0 Å². The fraction of sp³-hybridized carbons (Fsp3) is 0.833. The molecule has 0 amide bonds. The summed E-state index contributed by atoms with van der Waals surface area (Å²) in [5.41, 5.74) is 0. The molecule has 0 aromatic heterocycles. The van der Waals surface area contributed by atoms with Crippen LogP contribution < -0.4 is 0 Å². The van der Waals surface area contributed by atoms with Gasteiger partial charge >= 0.3 is 5.97 Å². The molecule has 2 N–H and O–H groups in total. The maximum Gasteiger partial charge on any atom is 0.381 e. The summed E-state index contributed by atoms with van der Waals surface area (Å²) in [7, 11) is 0. The van der Waals surface area contributed by atoms with Gasteiger partial charge in [-0.1, -0.05) is 83.5 Å². The Hall–Kier alpha value is -1.01. The highest BCUT2D eigenvalue weighted by Crippen LogP contribution is 2.12. The van der Waals surface area contributed by atoms with Crippen LogP contribution in [0.3, 0.4) is 0 Å². The minimum Gasteiger partial charge on any atom is -0.472 e. The van der Waals surface area contributed by atoms with Crippen LogP contribution in [-0.4, -0.2) is 22.3 Å². The summed E-state index contributed by atoms with van der Waals surface area (Å²) in [4.78, 5) is 10.2. The van der Waals surface area contributed by atoms with E-state index < -0.39 is 12.1 Å². The molecule has 3 heteroatoms. The van der Waals surface area contributed by atoms with Crippen molar-refractivity contribution in [3.8, 4) is 11.8 Å². The lowest BCUT2D eigenvalue weighted by molar-refractivity contribution is -0.130. The van der Waals surface area contributed by atoms with Crippen molar-refractivity contribution in [1.82, 2.24) is 0 Å². The first-order chi connectivity index (χ1) is 10.2. The predicted molar refractivity (Wildman–Crippen MR) is 87.1 cm³/mol. The third-order valence-electron chi connectivity index (χ3n) is 3.68. The highest BCUT2D eigenvalue weighted by Gasteiger charge is 1.99. The first-order valence-electron chi connectivity index (χ1n) is 8.59. The van der Waals surface area contributed by atoms with E-state index in [0.29, 0.717) is 6.42 Å². The van der Waals surface area contributed by atoms with Gasteiger partial charge in [0.15, 0.2) is 0 Å². The van der Waals surface area contributed by atoms with Gasteiger partial charge < -0.3 is 10.2 Å². The summed E-state index contributed by atoms with van der Waals surface area (Å²) in [6.45, 7) is 2.25. The zero-order chi connectivity index (χ0) is 15.8. The molecule has 0 aliphatic heterocycles. The summed E-state index contributed by atoms with van der Waals surface area (Å²) >= 11 is 0. The van der Waals surface area contributed by atoms with E-state index in [4.69, 9.17) is 5.11 Å². The van der Waals surface area contributed by atoms with Crippen LogP contribution in [0.15, 0.2) is 0 Å². The molecule has 122 valence electrons. The largest absolute Gasteiger partial charge is 0.472 e. The van der Waals surface area contributed by atoms with Gasteiger partial charge in [0, 0.05) is 5.92 Å². The molecule has 21 heavy (non-hydrogen) atoms. The van der Waals surface area contributed by atoms with Gasteiger partial charge in [0.1, 0.15) is 6.10 Å². The molecule has 0 saturated heterocycles. The monoisotopic (exact) mass is 296 g/mol. The van der Waals surface area contributed by atoms with Crippen LogP contribution in [0, 0.1) is 11.8 Å². The van der Waals surface area contributed by atoms with Gasteiger partial charge in [0.2, 0.25) is 0 Å². The summed E-state index contributed by atoms with van der Waals surface area (Å²) in [5, 5.41) is 17.8. The molecule has 0 radical (unpaired) electrons. The molecule has 0 aliphatic carbocycles. The van der Waals surface area contributed by atoms with E-state index in [2.05, 4.69) is 12.8 Å². The lowest BCUT2D eigenvalue weighted by Crippen LogP contribution is -2.03. The van der Waals surface area contributed by atoms with Crippen LogP contribution in [-0.2, 0) is 4.79 Å². The van der Waals surface area contributed by atoms with Gasteiger partial charge in [-0.25, -0.2) is 4.79 Å². The lowest BCUT2D eigenvalue weighted by atomic mass is 10.0. The minimum atomic E-state index is -1.18. The maximum absolute atomic E-state index is 10.2. The van der Waals surface area contributed by atoms with E-state index >= 15 is 0 Å². The molecule has 1 unspecified atom stereocenters. The third-order valence-corrected chi connectivity index (χ3v) is 3.68. The molecule has 0 bridgehead atoms. The summed E-state index contributed by atoms with van der Waals surface area (Å²) in [5.74, 6) is 3.11. The van der Waals surface area contributed by atoms with Crippen LogP contribution in [0.1, 0.15) is 90.4 Å². The fourth-order valence-corrected chi connectivity index (χ4v) is 2.40. The topological polar surface area (TPSA) is 57.5 Å². The number of aliphatic carboxylic acids is 1. The molecule has 0 spiro atoms. The molecule has 0 heterocycles. The molecule has 0 rings (SSSR count). The van der Waals surface area contributed by atoms with E-state index in [9.17, 15) is 9.90 Å². The SMILES string of the molecule is CCCCCCCCCCCCCCC(O)C#CC(=O)O. The fourth-order valence-electron chi connectivity index (χ4n) is 2.40. The second-order valence-corrected chi connectivity index (χ2v) is 5.77. The minimum absolute atomic E-state index is 0.581. The molecule has 0 saturated carbocycles. The highest BCUT2D eigenvalue weighted by atomic mass is 16.4. The van der Waals surface area contributed by atoms with Crippen LogP contribution in [0.2, 0.25) is 0 Å². The molecule has 0 aliphatic rings. The Labute approximate surface area is 130 Å². The molecular formula is C18H32O3. The Balaban J connectivity index is 3.19. The zero-order valence-electron chi connectivity index (χ0n) is 13.6. The normalized spacial score (nSPS) is 11.7. The van der Waals surface area contributed by atoms with E-state index in [-0.39, 0.29) is 0 Å². The zero-order valence-corrected chi connectivity index (χ0v) is 13.6. The summed E-state index contributed by atoms with van der Waals surface area (Å²) < 4.78 is 0. The predicted octanol–water partition coefficient (Wildman–Crippen LogP) is 4.53. The van der Waals surface area contributed by atoms with Crippen LogP contribution in [0.5, 0.6) is 0 Å². The van der Waals surface area contributed by atoms with Gasteiger partial charge in [0.25, 0.3) is 0 Å². The van der Waals surface area contributed by atoms with Crippen LogP contribution >= 0.6 is 0 Å². The Bertz CT molecular complexity index is 301. The number of aliphatic hydroxyl groups is 1. The maximum atomic E-state index is 10.2. The van der Waals surface area contributed by atoms with Crippen molar-refractivity contribution >= 4 is 5.97 Å². The number of rotatable bonds is 13. The first kappa shape index (κ1) is 20.0. The molecule has 0 aromatic carbocycles. The van der Waals surface area contributed by atoms with Gasteiger partial charge in [-0.2, -0.15) is 0 Å². The van der Waals surface area contributed by atoms with Crippen molar-refractivity contribution in [3.05, 3.63) is 0 Å². The molecule has 0 fully saturated rings. The first-order valence-corrected chi connectivity index (χ1v) is 8.59. The smallest absolute Gasteiger partial charge is 0.381 e. The Kier molecular flexibility index (Phi) is 14.6. The van der Waals surface area contributed by atoms with E-state index in [1.54, 1.807) is 0 Å². The summed E-state index contributed by atoms with van der Waals surface area (Å²) in [6, 6.07) is 0. The van der Waals surface area contributed by atoms with E-state index in [1.165, 1.54) is 64.2 Å². The van der Waals surface area contributed by atoms with Crippen molar-refractivity contribution in [2.45, 2.75) is 96.5 Å². The Morgan fingerprint density at radius 1 is 0.857 bits per heavy atom. The molecule has 3 nitrogen and oxygen atoms in total. The van der Waals surface area contributed by atoms with Crippen molar-refractivity contribution in [2.75, 3.05) is 0 Å². The van der Waals surface area contributed by atoms with E-state index in [1.807, 2.05) is 5.92 Å². The van der Waals surface area contributed by atoms with Crippen LogP contribution in [0.25, 0.3) is 0 Å². The number of aliphatic hydroxyl groups excluding tert-OH is 1. The third kappa shape index (κ3) is 16.9. The molecular weight excluding hydrogens is 264 g/mol. The highest BCUT2D eigenvalue weighted by molar-refractivity contribution is 5.86. The molecule has 0 aromatic rings. The second-order valence-electron chi connectivity index (χ2n) is 5.77. The van der Waals surface area contributed by atoms with E-state index in [0.717, 1.165) is 12.8 Å². The van der Waals surface area contributed by atoms with Gasteiger partial charge in [-0.3, -0.25) is 0 Å². The standard InChI is InChI=1S/C18H32O3/c1-2-3-4-5-6-7-8-9-10-11-12-13-14-17(19)15-16-18(20)21/h17,19H,2-14H2,1H3,(H,20,21). The Morgan fingerprint density at radius 3 is 1.71 bits per heavy atom. The average molecular weight is 296 g/mol. The quantitative estimate of drug-likeness (QED) is 0.388. The van der Waals surface area contributed by atoms with Crippen molar-refractivity contribution in [3.63, 3.8) is 0 Å². The number of carbonyl (C=O) groups is 1. The summed E-state index contributed by atoms with van der Waals surface area (Å²) in [6.07, 6.45) is 15.2. The average Bonchev–Trinajstić information content (AvgIpc) is 2.46. The number of unbranched alkanes of at least 4 members (excludes halogenated alkanes) is 11. The van der Waals surface area contributed by atoms with Crippen molar-refractivity contribution in [1.29, 1.82) is 0 Å². The van der Waals surface area contributed by atoms with Crippen LogP contribution in [0.4, 0.5) is 0 Å². The number of carboxylic acids is 1.